The molecule has 2 aromatic heterocycles. The predicted molar refractivity (Wildman–Crippen MR) is 82.4 cm³/mol. The lowest BCUT2D eigenvalue weighted by molar-refractivity contribution is 0.0901. The summed E-state index contributed by atoms with van der Waals surface area (Å²) in [6.45, 7) is 0.0793. The van der Waals surface area contributed by atoms with Crippen molar-refractivity contribution < 1.29 is 14.3 Å². The van der Waals surface area contributed by atoms with Gasteiger partial charge in [0, 0.05) is 18.2 Å². The van der Waals surface area contributed by atoms with E-state index in [9.17, 15) is 9.90 Å². The smallest absolute Gasteiger partial charge is 0.251 e. The Morgan fingerprint density at radius 2 is 2.13 bits per heavy atom. The summed E-state index contributed by atoms with van der Waals surface area (Å²) >= 11 is 0. The quantitative estimate of drug-likeness (QED) is 0.745. The fourth-order valence-electron chi connectivity index (χ4n) is 2.12. The number of aliphatic hydroxyl groups is 1. The third-order valence-corrected chi connectivity index (χ3v) is 3.33. The molecule has 0 bridgehead atoms. The van der Waals surface area contributed by atoms with E-state index in [1.54, 1.807) is 54.5 Å². The lowest BCUT2D eigenvalue weighted by atomic mass is 10.1. The highest BCUT2D eigenvalue weighted by molar-refractivity contribution is 5.94. The van der Waals surface area contributed by atoms with Crippen molar-refractivity contribution in [3.8, 4) is 11.4 Å². The summed E-state index contributed by atoms with van der Waals surface area (Å²) in [4.78, 5) is 16.2. The minimum atomic E-state index is -0.869. The van der Waals surface area contributed by atoms with Crippen LogP contribution >= 0.6 is 0 Å². The van der Waals surface area contributed by atoms with E-state index in [0.29, 0.717) is 17.1 Å². The second-order valence-electron chi connectivity index (χ2n) is 5.06. The van der Waals surface area contributed by atoms with E-state index in [-0.39, 0.29) is 12.5 Å². The second-order valence-corrected chi connectivity index (χ2v) is 5.06. The van der Waals surface area contributed by atoms with Crippen molar-refractivity contribution in [3.05, 3.63) is 60.3 Å². The topological polar surface area (TPSA) is 93.2 Å². The lowest BCUT2D eigenvalue weighted by Crippen LogP contribution is -2.28. The van der Waals surface area contributed by atoms with Crippen LogP contribution in [0.3, 0.4) is 0 Å². The van der Waals surface area contributed by atoms with Crippen molar-refractivity contribution in [2.45, 2.75) is 6.10 Å². The Morgan fingerprint density at radius 1 is 1.35 bits per heavy atom. The van der Waals surface area contributed by atoms with Crippen LogP contribution < -0.4 is 5.32 Å². The first-order valence-electron chi connectivity index (χ1n) is 7.09. The second kappa shape index (κ2) is 6.45. The fourth-order valence-corrected chi connectivity index (χ4v) is 2.12. The minimum Gasteiger partial charge on any atom is -0.467 e. The molecule has 0 aliphatic rings. The number of rotatable bonds is 5. The molecule has 0 fully saturated rings. The molecule has 0 spiro atoms. The molecule has 1 aromatic carbocycles. The van der Waals surface area contributed by atoms with Crippen molar-refractivity contribution >= 4 is 5.91 Å². The van der Waals surface area contributed by atoms with Gasteiger partial charge in [-0.2, -0.15) is 5.10 Å². The molecule has 2 heterocycles. The third-order valence-electron chi connectivity index (χ3n) is 3.33. The summed E-state index contributed by atoms with van der Waals surface area (Å²) in [7, 11) is 1.79. The highest BCUT2D eigenvalue weighted by Crippen LogP contribution is 2.15. The van der Waals surface area contributed by atoms with E-state index in [0.717, 1.165) is 5.56 Å². The number of amides is 1. The van der Waals surface area contributed by atoms with E-state index in [1.807, 2.05) is 0 Å². The summed E-state index contributed by atoms with van der Waals surface area (Å²) in [6, 6.07) is 10.3. The van der Waals surface area contributed by atoms with E-state index in [2.05, 4.69) is 15.4 Å². The Hall–Kier alpha value is -2.93. The standard InChI is InChI=1S/C16H16N4O3/c1-20-10-18-15(19-20)11-4-6-12(7-5-11)16(22)17-9-13(21)14-3-2-8-23-14/h2-8,10,13,21H,9H2,1H3,(H,17,22). The van der Waals surface area contributed by atoms with E-state index < -0.39 is 6.10 Å². The van der Waals surface area contributed by atoms with Crippen LogP contribution in [0.4, 0.5) is 0 Å². The fraction of sp³-hybridized carbons (Fsp3) is 0.188. The molecule has 7 nitrogen and oxygen atoms in total. The van der Waals surface area contributed by atoms with Gasteiger partial charge in [0.15, 0.2) is 5.82 Å². The van der Waals surface area contributed by atoms with Crippen LogP contribution in [0.25, 0.3) is 11.4 Å². The molecule has 7 heteroatoms. The molecule has 3 aromatic rings. The molecule has 0 saturated carbocycles. The highest BCUT2D eigenvalue weighted by Gasteiger charge is 2.13. The Kier molecular flexibility index (Phi) is 4.20. The number of aryl methyl sites for hydroxylation is 1. The largest absolute Gasteiger partial charge is 0.467 e. The Balaban J connectivity index is 1.61. The summed E-state index contributed by atoms with van der Waals surface area (Å²) in [5, 5.41) is 16.7. The predicted octanol–water partition coefficient (Wildman–Crippen LogP) is 1.54. The normalized spacial score (nSPS) is 12.1. The molecule has 3 rings (SSSR count). The Bertz CT molecular complexity index is 778. The van der Waals surface area contributed by atoms with Crippen LogP contribution in [-0.4, -0.2) is 32.3 Å². The van der Waals surface area contributed by atoms with Gasteiger partial charge in [-0.25, -0.2) is 4.98 Å². The van der Waals surface area contributed by atoms with Gasteiger partial charge >= 0.3 is 0 Å². The maximum absolute atomic E-state index is 12.1. The number of carbonyl (C=O) groups is 1. The summed E-state index contributed by atoms with van der Waals surface area (Å²) in [6.07, 6.45) is 2.22. The number of nitrogens with one attached hydrogen (secondary N) is 1. The number of hydrogen-bond acceptors (Lipinski definition) is 5. The van der Waals surface area contributed by atoms with Gasteiger partial charge < -0.3 is 14.8 Å². The summed E-state index contributed by atoms with van der Waals surface area (Å²) in [5.41, 5.74) is 1.33. The molecular weight excluding hydrogens is 296 g/mol. The minimum absolute atomic E-state index is 0.0793. The number of hydrogen-bond donors (Lipinski definition) is 2. The maximum atomic E-state index is 12.1. The molecule has 1 unspecified atom stereocenters. The van der Waals surface area contributed by atoms with Crippen LogP contribution in [0, 0.1) is 0 Å². The van der Waals surface area contributed by atoms with Crippen LogP contribution in [0.5, 0.6) is 0 Å². The van der Waals surface area contributed by atoms with Gasteiger partial charge in [-0.3, -0.25) is 9.48 Å². The Morgan fingerprint density at radius 3 is 2.74 bits per heavy atom. The number of aromatic nitrogens is 3. The zero-order valence-electron chi connectivity index (χ0n) is 12.5. The number of benzene rings is 1. The monoisotopic (exact) mass is 312 g/mol. The molecule has 0 aliphatic carbocycles. The van der Waals surface area contributed by atoms with Gasteiger partial charge in [0.25, 0.3) is 5.91 Å². The molecule has 0 aliphatic heterocycles. The van der Waals surface area contributed by atoms with Crippen LogP contribution in [0.1, 0.15) is 22.2 Å². The van der Waals surface area contributed by atoms with E-state index >= 15 is 0 Å². The van der Waals surface area contributed by atoms with Crippen LogP contribution in [0.2, 0.25) is 0 Å². The first kappa shape index (κ1) is 15.0. The van der Waals surface area contributed by atoms with Crippen molar-refractivity contribution in [1.82, 2.24) is 20.1 Å². The molecule has 23 heavy (non-hydrogen) atoms. The first-order chi connectivity index (χ1) is 11.1. The van der Waals surface area contributed by atoms with Gasteiger partial charge in [0.05, 0.1) is 12.8 Å². The highest BCUT2D eigenvalue weighted by atomic mass is 16.4. The zero-order chi connectivity index (χ0) is 16.2. The Labute approximate surface area is 132 Å². The zero-order valence-corrected chi connectivity index (χ0v) is 12.5. The van der Waals surface area contributed by atoms with Gasteiger partial charge in [-0.15, -0.1) is 0 Å². The first-order valence-corrected chi connectivity index (χ1v) is 7.09. The maximum Gasteiger partial charge on any atom is 0.251 e. The number of aliphatic hydroxyl groups excluding tert-OH is 1. The molecule has 2 N–H and O–H groups in total. The summed E-state index contributed by atoms with van der Waals surface area (Å²) in [5.74, 6) is 0.755. The summed E-state index contributed by atoms with van der Waals surface area (Å²) < 4.78 is 6.70. The third kappa shape index (κ3) is 3.46. The number of nitrogens with zero attached hydrogens (tertiary/aromatic N) is 3. The van der Waals surface area contributed by atoms with E-state index in [1.165, 1.54) is 6.26 Å². The molecule has 1 atom stereocenters. The molecule has 1 amide bonds. The van der Waals surface area contributed by atoms with Crippen molar-refractivity contribution in [3.63, 3.8) is 0 Å². The average Bonchev–Trinajstić information content (AvgIpc) is 3.24. The molecule has 0 saturated heterocycles. The van der Waals surface area contributed by atoms with Gasteiger partial charge in [-0.05, 0) is 24.3 Å². The molecule has 118 valence electrons. The van der Waals surface area contributed by atoms with Crippen LogP contribution in [0.15, 0.2) is 53.4 Å². The van der Waals surface area contributed by atoms with Crippen LogP contribution in [-0.2, 0) is 7.05 Å². The average molecular weight is 312 g/mol. The van der Waals surface area contributed by atoms with Gasteiger partial charge in [-0.1, -0.05) is 12.1 Å². The van der Waals surface area contributed by atoms with Crippen molar-refractivity contribution in [2.24, 2.45) is 7.05 Å². The van der Waals surface area contributed by atoms with Gasteiger partial charge in [0.2, 0.25) is 0 Å². The lowest BCUT2D eigenvalue weighted by Gasteiger charge is -2.09. The van der Waals surface area contributed by atoms with Gasteiger partial charge in [0.1, 0.15) is 18.2 Å². The SMILES string of the molecule is Cn1cnc(-c2ccc(C(=O)NCC(O)c3ccco3)cc2)n1. The number of furan rings is 1. The van der Waals surface area contributed by atoms with Crippen molar-refractivity contribution in [1.29, 1.82) is 0 Å². The molecule has 0 radical (unpaired) electrons. The van der Waals surface area contributed by atoms with E-state index in [4.69, 9.17) is 4.42 Å². The molecular formula is C16H16N4O3. The van der Waals surface area contributed by atoms with Crippen molar-refractivity contribution in [2.75, 3.05) is 6.54 Å². The number of carbonyl (C=O) groups excluding carboxylic acids is 1.